The van der Waals surface area contributed by atoms with Crippen molar-refractivity contribution >= 4 is 23.8 Å². The van der Waals surface area contributed by atoms with Gasteiger partial charge in [-0.15, -0.1) is 0 Å². The Kier molecular flexibility index (Phi) is 7.14. The van der Waals surface area contributed by atoms with Gasteiger partial charge in [-0.3, -0.25) is 0 Å². The Balaban J connectivity index is 1.61. The smallest absolute Gasteiger partial charge is 0.0214 e. The van der Waals surface area contributed by atoms with E-state index in [2.05, 4.69) is 97.2 Å². The highest BCUT2D eigenvalue weighted by atomic mass is 31.1. The number of nitrogens with one attached hydrogen (secondary N) is 1. The standard InChI is InChI=1S/C27H32NP/c1-22(23-13-5-2-6-14-23)28-21-24-15-11-12-20-27(24)29(25-16-7-3-8-17-25)26-18-9-4-10-19-26/h3-4,7-12,15-20,22-23,28H,2,5-6,13-14,21H2,1H3/t22-/m0/s1. The van der Waals surface area contributed by atoms with E-state index in [1.165, 1.54) is 53.6 Å². The third-order valence-electron chi connectivity index (χ3n) is 6.23. The molecule has 1 N–H and O–H groups in total. The Morgan fingerprint density at radius 2 is 1.31 bits per heavy atom. The molecule has 0 amide bonds. The summed E-state index contributed by atoms with van der Waals surface area (Å²) >= 11 is 0. The highest BCUT2D eigenvalue weighted by Gasteiger charge is 2.22. The number of rotatable bonds is 7. The van der Waals surface area contributed by atoms with Gasteiger partial charge in [0.25, 0.3) is 0 Å². The molecule has 1 nitrogen and oxygen atoms in total. The van der Waals surface area contributed by atoms with Crippen molar-refractivity contribution in [2.45, 2.75) is 51.6 Å². The second kappa shape index (κ2) is 10.2. The Morgan fingerprint density at radius 1 is 0.759 bits per heavy atom. The van der Waals surface area contributed by atoms with E-state index in [4.69, 9.17) is 0 Å². The third kappa shape index (κ3) is 5.16. The Labute approximate surface area is 177 Å². The summed E-state index contributed by atoms with van der Waals surface area (Å²) in [6, 6.07) is 31.7. The van der Waals surface area contributed by atoms with Crippen molar-refractivity contribution in [3.63, 3.8) is 0 Å². The van der Waals surface area contributed by atoms with Crippen LogP contribution < -0.4 is 21.2 Å². The fourth-order valence-electron chi connectivity index (χ4n) is 4.53. The molecule has 3 aromatic rings. The summed E-state index contributed by atoms with van der Waals surface area (Å²) in [5.74, 6) is 0.834. The molecule has 150 valence electrons. The van der Waals surface area contributed by atoms with Gasteiger partial charge >= 0.3 is 0 Å². The first kappa shape index (κ1) is 20.3. The van der Waals surface area contributed by atoms with Crippen molar-refractivity contribution in [2.75, 3.05) is 0 Å². The molecule has 29 heavy (non-hydrogen) atoms. The summed E-state index contributed by atoms with van der Waals surface area (Å²) in [7, 11) is -0.552. The topological polar surface area (TPSA) is 12.0 Å². The van der Waals surface area contributed by atoms with Crippen molar-refractivity contribution in [3.05, 3.63) is 90.5 Å². The maximum absolute atomic E-state index is 3.88. The zero-order valence-corrected chi connectivity index (χ0v) is 18.3. The fourth-order valence-corrected chi connectivity index (χ4v) is 7.00. The van der Waals surface area contributed by atoms with Gasteiger partial charge in [-0.25, -0.2) is 0 Å². The van der Waals surface area contributed by atoms with Crippen LogP contribution in [0.2, 0.25) is 0 Å². The van der Waals surface area contributed by atoms with E-state index in [9.17, 15) is 0 Å². The summed E-state index contributed by atoms with van der Waals surface area (Å²) < 4.78 is 0. The quantitative estimate of drug-likeness (QED) is 0.515. The van der Waals surface area contributed by atoms with E-state index in [1.54, 1.807) is 0 Å². The third-order valence-corrected chi connectivity index (χ3v) is 8.78. The molecule has 2 heteroatoms. The van der Waals surface area contributed by atoms with Gasteiger partial charge in [-0.05, 0) is 55.1 Å². The number of benzene rings is 3. The van der Waals surface area contributed by atoms with E-state index in [1.807, 2.05) is 0 Å². The lowest BCUT2D eigenvalue weighted by Crippen LogP contribution is -2.35. The van der Waals surface area contributed by atoms with Gasteiger partial charge in [0.15, 0.2) is 0 Å². The minimum Gasteiger partial charge on any atom is -0.310 e. The largest absolute Gasteiger partial charge is 0.310 e. The Morgan fingerprint density at radius 3 is 1.93 bits per heavy atom. The minimum absolute atomic E-state index is 0.552. The predicted molar refractivity (Wildman–Crippen MR) is 128 cm³/mol. The molecular weight excluding hydrogens is 369 g/mol. The van der Waals surface area contributed by atoms with Gasteiger partial charge < -0.3 is 5.32 Å². The van der Waals surface area contributed by atoms with Crippen molar-refractivity contribution in [3.8, 4) is 0 Å². The molecule has 0 unspecified atom stereocenters. The van der Waals surface area contributed by atoms with E-state index in [0.29, 0.717) is 6.04 Å². The monoisotopic (exact) mass is 401 g/mol. The van der Waals surface area contributed by atoms with Crippen LogP contribution in [0, 0.1) is 5.92 Å². The van der Waals surface area contributed by atoms with Crippen LogP contribution in [0.4, 0.5) is 0 Å². The lowest BCUT2D eigenvalue weighted by molar-refractivity contribution is 0.281. The van der Waals surface area contributed by atoms with Gasteiger partial charge in [-0.2, -0.15) is 0 Å². The molecule has 0 aliphatic heterocycles. The minimum atomic E-state index is -0.552. The summed E-state index contributed by atoms with van der Waals surface area (Å²) in [6.45, 7) is 3.34. The van der Waals surface area contributed by atoms with Crippen LogP contribution in [-0.2, 0) is 6.54 Å². The van der Waals surface area contributed by atoms with Crippen LogP contribution in [0.3, 0.4) is 0 Å². The average Bonchev–Trinajstić information content (AvgIpc) is 2.80. The van der Waals surface area contributed by atoms with Crippen LogP contribution >= 0.6 is 7.92 Å². The van der Waals surface area contributed by atoms with Crippen LogP contribution in [0.15, 0.2) is 84.9 Å². The molecule has 0 spiro atoms. The van der Waals surface area contributed by atoms with Crippen molar-refractivity contribution in [1.29, 1.82) is 0 Å². The molecule has 1 aliphatic carbocycles. The highest BCUT2D eigenvalue weighted by Crippen LogP contribution is 2.34. The molecule has 0 aromatic heterocycles. The second-order valence-electron chi connectivity index (χ2n) is 8.20. The van der Waals surface area contributed by atoms with E-state index < -0.39 is 7.92 Å². The van der Waals surface area contributed by atoms with Crippen LogP contribution in [0.1, 0.15) is 44.6 Å². The second-order valence-corrected chi connectivity index (χ2v) is 10.4. The van der Waals surface area contributed by atoms with Crippen LogP contribution in [0.5, 0.6) is 0 Å². The van der Waals surface area contributed by atoms with Crippen molar-refractivity contribution in [1.82, 2.24) is 5.32 Å². The Bertz CT molecular complexity index is 832. The zero-order chi connectivity index (χ0) is 19.9. The maximum Gasteiger partial charge on any atom is 0.0214 e. The molecule has 0 bridgehead atoms. The molecule has 0 saturated heterocycles. The molecule has 3 aromatic carbocycles. The molecule has 1 saturated carbocycles. The first-order chi connectivity index (χ1) is 14.3. The molecule has 0 radical (unpaired) electrons. The highest BCUT2D eigenvalue weighted by molar-refractivity contribution is 7.79. The predicted octanol–water partition coefficient (Wildman–Crippen LogP) is 5.50. The first-order valence-electron chi connectivity index (χ1n) is 11.0. The molecule has 1 aliphatic rings. The zero-order valence-electron chi connectivity index (χ0n) is 17.4. The van der Waals surface area contributed by atoms with Crippen LogP contribution in [-0.4, -0.2) is 6.04 Å². The number of hydrogen-bond donors (Lipinski definition) is 1. The van der Waals surface area contributed by atoms with Gasteiger partial charge in [0, 0.05) is 12.6 Å². The summed E-state index contributed by atoms with van der Waals surface area (Å²) in [6.07, 6.45) is 7.00. The van der Waals surface area contributed by atoms with Crippen molar-refractivity contribution in [2.24, 2.45) is 5.92 Å². The SMILES string of the molecule is C[C@H](NCc1ccccc1P(c1ccccc1)c1ccccc1)C1CCCCC1. The molecule has 0 heterocycles. The normalized spacial score (nSPS) is 16.1. The maximum atomic E-state index is 3.88. The Hall–Kier alpha value is -1.95. The first-order valence-corrected chi connectivity index (χ1v) is 12.4. The number of hydrogen-bond acceptors (Lipinski definition) is 1. The van der Waals surface area contributed by atoms with Gasteiger partial charge in [-0.1, -0.05) is 104 Å². The molecular formula is C27H32NP. The van der Waals surface area contributed by atoms with Gasteiger partial charge in [0.05, 0.1) is 0 Å². The van der Waals surface area contributed by atoms with Crippen LogP contribution in [0.25, 0.3) is 0 Å². The summed E-state index contributed by atoms with van der Waals surface area (Å²) in [4.78, 5) is 0. The summed E-state index contributed by atoms with van der Waals surface area (Å²) in [5, 5.41) is 8.19. The lowest BCUT2D eigenvalue weighted by Gasteiger charge is -2.29. The summed E-state index contributed by atoms with van der Waals surface area (Å²) in [5.41, 5.74) is 1.44. The molecule has 1 fully saturated rings. The fraction of sp³-hybridized carbons (Fsp3) is 0.333. The van der Waals surface area contributed by atoms with E-state index in [0.717, 1.165) is 12.5 Å². The van der Waals surface area contributed by atoms with E-state index in [-0.39, 0.29) is 0 Å². The van der Waals surface area contributed by atoms with Gasteiger partial charge in [0.1, 0.15) is 0 Å². The van der Waals surface area contributed by atoms with Gasteiger partial charge in [0.2, 0.25) is 0 Å². The average molecular weight is 402 g/mol. The van der Waals surface area contributed by atoms with E-state index >= 15 is 0 Å². The molecule has 1 atom stereocenters. The molecule has 4 rings (SSSR count). The lowest BCUT2D eigenvalue weighted by atomic mass is 9.84. The van der Waals surface area contributed by atoms with Crippen molar-refractivity contribution < 1.29 is 0 Å².